The molecule has 1 aromatic carbocycles. The molecule has 0 fully saturated rings. The summed E-state index contributed by atoms with van der Waals surface area (Å²) in [7, 11) is 0. The summed E-state index contributed by atoms with van der Waals surface area (Å²) in [6, 6.07) is 7.25. The first kappa shape index (κ1) is 19.0. The van der Waals surface area contributed by atoms with Crippen LogP contribution in [0.15, 0.2) is 30.5 Å². The first-order valence-electron chi connectivity index (χ1n) is 8.61. The number of aliphatic hydroxyl groups excluding tert-OH is 1. The quantitative estimate of drug-likeness (QED) is 0.485. The predicted molar refractivity (Wildman–Crippen MR) is 97.6 cm³/mol. The van der Waals surface area contributed by atoms with Crippen LogP contribution in [0, 0.1) is 0 Å². The Hall–Kier alpha value is -1.36. The Kier molecular flexibility index (Phi) is 7.76. The first-order chi connectivity index (χ1) is 11.6. The maximum absolute atomic E-state index is 10.0. The van der Waals surface area contributed by atoms with Gasteiger partial charge < -0.3 is 14.6 Å². The van der Waals surface area contributed by atoms with Crippen LogP contribution in [0.25, 0.3) is 10.9 Å². The van der Waals surface area contributed by atoms with Gasteiger partial charge in [-0.05, 0) is 37.6 Å². The molecule has 1 heterocycles. The second-order valence-electron chi connectivity index (χ2n) is 6.01. The molecule has 2 rings (SSSR count). The molecule has 0 saturated heterocycles. The van der Waals surface area contributed by atoms with Crippen LogP contribution < -0.4 is 4.74 Å². The van der Waals surface area contributed by atoms with Crippen LogP contribution in [0.2, 0.25) is 5.02 Å². The lowest BCUT2D eigenvalue weighted by Crippen LogP contribution is -2.26. The number of hydrogen-bond donors (Lipinski definition) is 1. The van der Waals surface area contributed by atoms with E-state index in [2.05, 4.69) is 11.9 Å². The number of hydrogen-bond acceptors (Lipinski definition) is 4. The summed E-state index contributed by atoms with van der Waals surface area (Å²) in [5.41, 5.74) is 0.685. The standard InChI is InChI=1S/C19H26ClNO3/c1-3-4-5-6-8-14(2)24-18(22)13-23-17-11-10-16(20)15-9-7-12-21-19(15)17/h7,9-12,14,18,22H,3-6,8,13H2,1-2H3. The summed E-state index contributed by atoms with van der Waals surface area (Å²) in [4.78, 5) is 4.31. The van der Waals surface area contributed by atoms with Crippen molar-refractivity contribution in [2.45, 2.75) is 58.3 Å². The number of unbranched alkanes of at least 4 members (excludes halogenated alkanes) is 3. The molecule has 2 atom stereocenters. The Balaban J connectivity index is 1.84. The molecule has 0 amide bonds. The summed E-state index contributed by atoms with van der Waals surface area (Å²) in [6.07, 6.45) is 6.48. The summed E-state index contributed by atoms with van der Waals surface area (Å²) in [5.74, 6) is 0.591. The molecule has 132 valence electrons. The second kappa shape index (κ2) is 9.82. The maximum Gasteiger partial charge on any atom is 0.189 e. The fourth-order valence-corrected chi connectivity index (χ4v) is 2.84. The van der Waals surface area contributed by atoms with E-state index in [9.17, 15) is 5.11 Å². The third-order valence-electron chi connectivity index (χ3n) is 3.91. The first-order valence-corrected chi connectivity index (χ1v) is 8.99. The largest absolute Gasteiger partial charge is 0.486 e. The van der Waals surface area contributed by atoms with Crippen molar-refractivity contribution in [2.75, 3.05) is 6.61 Å². The maximum atomic E-state index is 10.0. The number of aliphatic hydroxyl groups is 1. The Morgan fingerprint density at radius 2 is 2.04 bits per heavy atom. The highest BCUT2D eigenvalue weighted by molar-refractivity contribution is 6.35. The van der Waals surface area contributed by atoms with Gasteiger partial charge in [0.05, 0.1) is 11.1 Å². The lowest BCUT2D eigenvalue weighted by atomic mass is 10.1. The molecule has 0 spiro atoms. The van der Waals surface area contributed by atoms with Crippen LogP contribution in [0.1, 0.15) is 46.0 Å². The molecular formula is C19H26ClNO3. The normalized spacial score (nSPS) is 13.8. The Morgan fingerprint density at radius 3 is 2.83 bits per heavy atom. The van der Waals surface area contributed by atoms with Gasteiger partial charge in [-0.1, -0.05) is 44.2 Å². The van der Waals surface area contributed by atoms with Gasteiger partial charge in [0.2, 0.25) is 0 Å². The van der Waals surface area contributed by atoms with Crippen LogP contribution in [0.5, 0.6) is 5.75 Å². The number of rotatable bonds is 10. The van der Waals surface area contributed by atoms with Crippen LogP contribution >= 0.6 is 11.6 Å². The number of fused-ring (bicyclic) bond motifs is 1. The Morgan fingerprint density at radius 1 is 1.21 bits per heavy atom. The molecule has 0 bridgehead atoms. The van der Waals surface area contributed by atoms with Gasteiger partial charge in [-0.2, -0.15) is 0 Å². The number of nitrogens with zero attached hydrogens (tertiary/aromatic N) is 1. The van der Waals surface area contributed by atoms with Crippen molar-refractivity contribution < 1.29 is 14.6 Å². The van der Waals surface area contributed by atoms with E-state index in [-0.39, 0.29) is 12.7 Å². The minimum atomic E-state index is -0.958. The lowest BCUT2D eigenvalue weighted by molar-refractivity contribution is -0.148. The average Bonchev–Trinajstić information content (AvgIpc) is 2.58. The third-order valence-corrected chi connectivity index (χ3v) is 4.24. The molecule has 2 unspecified atom stereocenters. The van der Waals surface area contributed by atoms with Gasteiger partial charge in [0.1, 0.15) is 17.9 Å². The van der Waals surface area contributed by atoms with E-state index >= 15 is 0 Å². The van der Waals surface area contributed by atoms with Gasteiger partial charge in [0, 0.05) is 11.6 Å². The molecule has 0 saturated carbocycles. The molecule has 0 radical (unpaired) electrons. The summed E-state index contributed by atoms with van der Waals surface area (Å²) in [5, 5.41) is 11.5. The van der Waals surface area contributed by atoms with Crippen LogP contribution in [0.4, 0.5) is 0 Å². The van der Waals surface area contributed by atoms with E-state index in [1.807, 2.05) is 19.1 Å². The van der Waals surface area contributed by atoms with Crippen molar-refractivity contribution in [1.29, 1.82) is 0 Å². The highest BCUT2D eigenvalue weighted by Gasteiger charge is 2.13. The highest BCUT2D eigenvalue weighted by Crippen LogP contribution is 2.29. The van der Waals surface area contributed by atoms with Crippen LogP contribution in [-0.2, 0) is 4.74 Å². The molecular weight excluding hydrogens is 326 g/mol. The molecule has 1 N–H and O–H groups in total. The molecule has 0 aliphatic heterocycles. The van der Waals surface area contributed by atoms with Gasteiger partial charge in [-0.3, -0.25) is 4.98 Å². The van der Waals surface area contributed by atoms with Crippen LogP contribution in [-0.4, -0.2) is 29.1 Å². The van der Waals surface area contributed by atoms with Gasteiger partial charge in [0.25, 0.3) is 0 Å². The summed E-state index contributed by atoms with van der Waals surface area (Å²) in [6.45, 7) is 4.23. The lowest BCUT2D eigenvalue weighted by Gasteiger charge is -2.19. The minimum Gasteiger partial charge on any atom is -0.486 e. The van der Waals surface area contributed by atoms with Crippen molar-refractivity contribution >= 4 is 22.5 Å². The van der Waals surface area contributed by atoms with E-state index in [1.54, 1.807) is 18.3 Å². The number of halogens is 1. The van der Waals surface area contributed by atoms with Crippen molar-refractivity contribution in [3.05, 3.63) is 35.5 Å². The zero-order valence-corrected chi connectivity index (χ0v) is 15.1. The predicted octanol–water partition coefficient (Wildman–Crippen LogP) is 4.96. The third kappa shape index (κ3) is 5.62. The molecule has 2 aromatic rings. The highest BCUT2D eigenvalue weighted by atomic mass is 35.5. The van der Waals surface area contributed by atoms with Gasteiger partial charge in [-0.25, -0.2) is 0 Å². The fraction of sp³-hybridized carbons (Fsp3) is 0.526. The van der Waals surface area contributed by atoms with Crippen molar-refractivity contribution in [3.63, 3.8) is 0 Å². The van der Waals surface area contributed by atoms with Crippen molar-refractivity contribution in [3.8, 4) is 5.75 Å². The van der Waals surface area contributed by atoms with Crippen LogP contribution in [0.3, 0.4) is 0 Å². The minimum absolute atomic E-state index is 0.0144. The summed E-state index contributed by atoms with van der Waals surface area (Å²) >= 11 is 6.16. The monoisotopic (exact) mass is 351 g/mol. The average molecular weight is 352 g/mol. The van der Waals surface area contributed by atoms with Crippen molar-refractivity contribution in [2.24, 2.45) is 0 Å². The molecule has 5 heteroatoms. The molecule has 24 heavy (non-hydrogen) atoms. The molecule has 0 aliphatic rings. The van der Waals surface area contributed by atoms with Crippen molar-refractivity contribution in [1.82, 2.24) is 4.98 Å². The smallest absolute Gasteiger partial charge is 0.189 e. The molecule has 1 aromatic heterocycles. The fourth-order valence-electron chi connectivity index (χ4n) is 2.62. The zero-order valence-electron chi connectivity index (χ0n) is 14.4. The number of aromatic nitrogens is 1. The molecule has 0 aliphatic carbocycles. The Labute approximate surface area is 148 Å². The second-order valence-corrected chi connectivity index (χ2v) is 6.41. The number of benzene rings is 1. The van der Waals surface area contributed by atoms with E-state index in [4.69, 9.17) is 21.1 Å². The number of ether oxygens (including phenoxy) is 2. The van der Waals surface area contributed by atoms with E-state index in [0.717, 1.165) is 18.2 Å². The number of pyridine rings is 1. The van der Waals surface area contributed by atoms with Gasteiger partial charge in [0.15, 0.2) is 6.29 Å². The molecule has 4 nitrogen and oxygen atoms in total. The Bertz CT molecular complexity index is 635. The summed E-state index contributed by atoms with van der Waals surface area (Å²) < 4.78 is 11.3. The SMILES string of the molecule is CCCCCCC(C)OC(O)COc1ccc(Cl)c2cccnc12. The topological polar surface area (TPSA) is 51.6 Å². The van der Waals surface area contributed by atoms with Gasteiger partial charge in [-0.15, -0.1) is 0 Å². The zero-order chi connectivity index (χ0) is 17.4. The van der Waals surface area contributed by atoms with E-state index < -0.39 is 6.29 Å². The van der Waals surface area contributed by atoms with E-state index in [1.165, 1.54) is 19.3 Å². The van der Waals surface area contributed by atoms with E-state index in [0.29, 0.717) is 16.3 Å². The van der Waals surface area contributed by atoms with Gasteiger partial charge >= 0.3 is 0 Å².